The third kappa shape index (κ3) is 3.39. The van der Waals surface area contributed by atoms with Gasteiger partial charge in [-0.25, -0.2) is 13.1 Å². The minimum atomic E-state index is -3.64. The molecule has 1 amide bonds. The van der Waals surface area contributed by atoms with E-state index in [9.17, 15) is 13.2 Å². The number of rotatable bonds is 3. The van der Waals surface area contributed by atoms with Gasteiger partial charge in [0, 0.05) is 29.6 Å². The molecule has 2 aromatic rings. The third-order valence-corrected chi connectivity index (χ3v) is 7.76. The predicted molar refractivity (Wildman–Crippen MR) is 108 cm³/mol. The number of anilines is 1. The zero-order valence-corrected chi connectivity index (χ0v) is 16.9. The van der Waals surface area contributed by atoms with E-state index in [1.54, 1.807) is 34.9 Å². The molecule has 4 rings (SSSR count). The summed E-state index contributed by atoms with van der Waals surface area (Å²) in [5, 5.41) is 0. The lowest BCUT2D eigenvalue weighted by atomic mass is 10.1. The first-order chi connectivity index (χ1) is 12.9. The van der Waals surface area contributed by atoms with Crippen molar-refractivity contribution in [2.45, 2.75) is 48.6 Å². The molecule has 142 valence electrons. The highest BCUT2D eigenvalue weighted by atomic mass is 32.2. The summed E-state index contributed by atoms with van der Waals surface area (Å²) < 4.78 is 28.9. The molecule has 1 N–H and O–H groups in total. The van der Waals surface area contributed by atoms with Crippen molar-refractivity contribution in [1.82, 2.24) is 4.72 Å². The second kappa shape index (κ2) is 6.96. The molecule has 27 heavy (non-hydrogen) atoms. The minimum Gasteiger partial charge on any atom is -0.309 e. The van der Waals surface area contributed by atoms with E-state index in [0.717, 1.165) is 33.9 Å². The first-order valence-corrected chi connectivity index (χ1v) is 11.5. The minimum absolute atomic E-state index is 0.0219. The Kier molecular flexibility index (Phi) is 4.78. The first-order valence-electron chi connectivity index (χ1n) is 9.03. The van der Waals surface area contributed by atoms with Crippen molar-refractivity contribution in [3.8, 4) is 0 Å². The van der Waals surface area contributed by atoms with E-state index in [2.05, 4.69) is 4.72 Å². The average molecular weight is 403 g/mol. The lowest BCUT2D eigenvalue weighted by Gasteiger charge is -2.25. The van der Waals surface area contributed by atoms with Crippen molar-refractivity contribution in [2.75, 3.05) is 10.7 Å². The Labute approximate surface area is 164 Å². The first kappa shape index (κ1) is 18.5. The van der Waals surface area contributed by atoms with Gasteiger partial charge in [0.15, 0.2) is 0 Å². The van der Waals surface area contributed by atoms with Crippen LogP contribution in [0, 0.1) is 0 Å². The van der Waals surface area contributed by atoms with Gasteiger partial charge >= 0.3 is 0 Å². The number of thioether (sulfide) groups is 1. The monoisotopic (exact) mass is 402 g/mol. The lowest BCUT2D eigenvalue weighted by Crippen LogP contribution is -2.33. The molecular weight excluding hydrogens is 380 g/mol. The highest BCUT2D eigenvalue weighted by Crippen LogP contribution is 2.37. The van der Waals surface area contributed by atoms with Crippen molar-refractivity contribution < 1.29 is 13.2 Å². The van der Waals surface area contributed by atoms with Crippen LogP contribution in [-0.4, -0.2) is 26.1 Å². The molecule has 2 aromatic carbocycles. The molecule has 0 aliphatic carbocycles. The number of hydrogen-bond acceptors (Lipinski definition) is 4. The van der Waals surface area contributed by atoms with E-state index in [1.807, 2.05) is 31.2 Å². The number of nitrogens with zero attached hydrogens (tertiary/aromatic N) is 1. The Morgan fingerprint density at radius 3 is 2.78 bits per heavy atom. The van der Waals surface area contributed by atoms with Crippen molar-refractivity contribution in [3.05, 3.63) is 53.6 Å². The maximum atomic E-state index is 13.0. The van der Waals surface area contributed by atoms with E-state index in [4.69, 9.17) is 0 Å². The molecule has 7 heteroatoms. The van der Waals surface area contributed by atoms with Crippen LogP contribution in [0.25, 0.3) is 0 Å². The van der Waals surface area contributed by atoms with Gasteiger partial charge in [0.05, 0.1) is 4.90 Å². The van der Waals surface area contributed by atoms with Crippen LogP contribution < -0.4 is 9.62 Å². The summed E-state index contributed by atoms with van der Waals surface area (Å²) in [6.45, 7) is 3.51. The molecule has 2 aliphatic heterocycles. The number of sulfonamides is 1. The fourth-order valence-corrected chi connectivity index (χ4v) is 6.40. The van der Waals surface area contributed by atoms with Crippen molar-refractivity contribution in [3.63, 3.8) is 0 Å². The molecule has 2 heterocycles. The number of amides is 1. The highest BCUT2D eigenvalue weighted by Gasteiger charge is 2.31. The molecule has 0 saturated carbocycles. The molecule has 0 unspecified atom stereocenters. The Hall–Kier alpha value is -1.83. The van der Waals surface area contributed by atoms with Crippen LogP contribution in [0.4, 0.5) is 5.69 Å². The van der Waals surface area contributed by atoms with Crippen LogP contribution in [0.5, 0.6) is 0 Å². The van der Waals surface area contributed by atoms with E-state index in [1.165, 1.54) is 6.92 Å². The molecule has 0 aromatic heterocycles. The zero-order valence-electron chi connectivity index (χ0n) is 15.3. The highest BCUT2D eigenvalue weighted by molar-refractivity contribution is 7.99. The largest absolute Gasteiger partial charge is 0.309 e. The summed E-state index contributed by atoms with van der Waals surface area (Å²) in [5.74, 6) is 0.866. The number of nitrogens with one attached hydrogen (secondary N) is 1. The van der Waals surface area contributed by atoms with Crippen LogP contribution in [-0.2, 0) is 21.2 Å². The number of benzene rings is 2. The van der Waals surface area contributed by atoms with E-state index in [0.29, 0.717) is 6.42 Å². The van der Waals surface area contributed by atoms with Gasteiger partial charge in [-0.2, -0.15) is 0 Å². The second-order valence-corrected chi connectivity index (χ2v) is 9.93. The van der Waals surface area contributed by atoms with Gasteiger partial charge in [-0.3, -0.25) is 4.79 Å². The van der Waals surface area contributed by atoms with Crippen LogP contribution in [0.1, 0.15) is 37.4 Å². The molecule has 2 aliphatic rings. The topological polar surface area (TPSA) is 66.5 Å². The Morgan fingerprint density at radius 1 is 1.22 bits per heavy atom. The number of carbonyl (C=O) groups excluding carboxylic acids is 1. The summed E-state index contributed by atoms with van der Waals surface area (Å²) in [6, 6.07) is 12.8. The van der Waals surface area contributed by atoms with Crippen LogP contribution in [0.2, 0.25) is 0 Å². The molecule has 2 atom stereocenters. The summed E-state index contributed by atoms with van der Waals surface area (Å²) >= 11 is 1.76. The number of fused-ring (bicyclic) bond motifs is 2. The summed E-state index contributed by atoms with van der Waals surface area (Å²) in [4.78, 5) is 15.0. The molecule has 5 nitrogen and oxygen atoms in total. The van der Waals surface area contributed by atoms with E-state index >= 15 is 0 Å². The predicted octanol–water partition coefficient (Wildman–Crippen LogP) is 3.50. The third-order valence-electron chi connectivity index (χ3n) is 5.17. The summed E-state index contributed by atoms with van der Waals surface area (Å²) in [6.07, 6.45) is 1.43. The van der Waals surface area contributed by atoms with Crippen molar-refractivity contribution in [2.24, 2.45) is 0 Å². The van der Waals surface area contributed by atoms with Crippen molar-refractivity contribution >= 4 is 33.4 Å². The van der Waals surface area contributed by atoms with Gasteiger partial charge in [-0.05, 0) is 60.9 Å². The lowest BCUT2D eigenvalue weighted by molar-refractivity contribution is -0.116. The maximum absolute atomic E-state index is 13.0. The normalized spacial score (nSPS) is 21.6. The fourth-order valence-electron chi connectivity index (χ4n) is 3.97. The van der Waals surface area contributed by atoms with Crippen LogP contribution in [0.3, 0.4) is 0 Å². The number of hydrogen-bond donors (Lipinski definition) is 1. The molecule has 0 bridgehead atoms. The second-order valence-electron chi connectivity index (χ2n) is 7.08. The smallest absolute Gasteiger partial charge is 0.241 e. The van der Waals surface area contributed by atoms with Crippen LogP contribution in [0.15, 0.2) is 52.3 Å². The SMILES string of the molecule is CC(=O)N1c2ccc(S(=O)(=O)N[C@H]3CCSc4ccccc43)cc2C[C@H]1C. The van der Waals surface area contributed by atoms with Gasteiger partial charge in [0.1, 0.15) is 0 Å². The van der Waals surface area contributed by atoms with Gasteiger partial charge < -0.3 is 4.90 Å². The average Bonchev–Trinajstić information content (AvgIpc) is 2.97. The van der Waals surface area contributed by atoms with E-state index in [-0.39, 0.29) is 22.9 Å². The molecule has 0 spiro atoms. The standard InChI is InChI=1S/C20H22N2O3S2/c1-13-11-15-12-16(7-8-19(15)22(13)14(2)23)27(24,25)21-18-9-10-26-20-6-4-3-5-17(18)20/h3-8,12-13,18,21H,9-11H2,1-2H3/t13-,18+/m1/s1. The maximum Gasteiger partial charge on any atom is 0.241 e. The molecule has 0 radical (unpaired) electrons. The van der Waals surface area contributed by atoms with Crippen molar-refractivity contribution in [1.29, 1.82) is 0 Å². The van der Waals surface area contributed by atoms with E-state index < -0.39 is 10.0 Å². The summed E-state index contributed by atoms with van der Waals surface area (Å²) in [7, 11) is -3.64. The molecular formula is C20H22N2O3S2. The summed E-state index contributed by atoms with van der Waals surface area (Å²) in [5.41, 5.74) is 2.75. The fraction of sp³-hybridized carbons (Fsp3) is 0.350. The quantitative estimate of drug-likeness (QED) is 0.853. The van der Waals surface area contributed by atoms with Crippen LogP contribution >= 0.6 is 11.8 Å². The molecule has 0 saturated heterocycles. The Morgan fingerprint density at radius 2 is 2.00 bits per heavy atom. The number of carbonyl (C=O) groups is 1. The molecule has 0 fully saturated rings. The van der Waals surface area contributed by atoms with Gasteiger partial charge in [-0.15, -0.1) is 11.8 Å². The van der Waals surface area contributed by atoms with Gasteiger partial charge in [-0.1, -0.05) is 18.2 Å². The van der Waals surface area contributed by atoms with Gasteiger partial charge in [0.25, 0.3) is 0 Å². The Bertz CT molecular complexity index is 1000. The van der Waals surface area contributed by atoms with Gasteiger partial charge in [0.2, 0.25) is 15.9 Å². The Balaban J connectivity index is 1.63. The zero-order chi connectivity index (χ0) is 19.2.